The lowest BCUT2D eigenvalue weighted by Crippen LogP contribution is -2.34. The molecule has 0 bridgehead atoms. The second-order valence-electron chi connectivity index (χ2n) is 6.17. The Balaban J connectivity index is 1.85. The van der Waals surface area contributed by atoms with E-state index in [4.69, 9.17) is 18.9 Å². The van der Waals surface area contributed by atoms with Gasteiger partial charge < -0.3 is 29.4 Å². The van der Waals surface area contributed by atoms with E-state index in [1.807, 2.05) is 0 Å². The van der Waals surface area contributed by atoms with Crippen LogP contribution in [0.5, 0.6) is 5.75 Å². The molecule has 1 aliphatic rings. The average molecular weight is 413 g/mol. The fourth-order valence-electron chi connectivity index (χ4n) is 2.42. The number of methoxy groups -OCH3 is 2. The molecule has 2 N–H and O–H groups in total. The van der Waals surface area contributed by atoms with Crippen molar-refractivity contribution in [3.05, 3.63) is 18.0 Å². The highest BCUT2D eigenvalue weighted by Crippen LogP contribution is 2.36. The lowest BCUT2D eigenvalue weighted by atomic mass is 10.1. The number of rotatable bonds is 12. The molecule has 156 valence electrons. The van der Waals surface area contributed by atoms with E-state index in [0.717, 1.165) is 0 Å². The highest BCUT2D eigenvalue weighted by atomic mass is 32.2. The Hall–Kier alpha value is -1.88. The Morgan fingerprint density at radius 2 is 1.96 bits per heavy atom. The Labute approximate surface area is 168 Å². The van der Waals surface area contributed by atoms with Crippen molar-refractivity contribution in [3.63, 3.8) is 0 Å². The van der Waals surface area contributed by atoms with Crippen molar-refractivity contribution in [2.24, 2.45) is 4.99 Å². The first-order valence-corrected chi connectivity index (χ1v) is 9.88. The highest BCUT2D eigenvalue weighted by molar-refractivity contribution is 8.14. The average Bonchev–Trinajstić information content (AvgIpc) is 3.10. The molecule has 0 saturated carbocycles. The fraction of sp³-hybridized carbons (Fsp3) is 0.611. The van der Waals surface area contributed by atoms with Gasteiger partial charge in [0, 0.05) is 25.6 Å². The van der Waals surface area contributed by atoms with Gasteiger partial charge in [-0.1, -0.05) is 0 Å². The fourth-order valence-corrected chi connectivity index (χ4v) is 3.57. The third-order valence-corrected chi connectivity index (χ3v) is 5.22. The molecule has 2 heterocycles. The number of nitrogens with one attached hydrogen (secondary N) is 1. The molecule has 1 aromatic rings. The zero-order valence-electron chi connectivity index (χ0n) is 16.4. The van der Waals surface area contributed by atoms with Crippen LogP contribution in [0.4, 0.5) is 5.69 Å². The molecule has 0 radical (unpaired) electrons. The number of aliphatic imine (C=N–C) groups is 1. The minimum absolute atomic E-state index is 0.00855. The summed E-state index contributed by atoms with van der Waals surface area (Å²) in [4.78, 5) is 20.5. The topological polar surface area (TPSA) is 112 Å². The Morgan fingerprint density at radius 3 is 2.68 bits per heavy atom. The largest absolute Gasteiger partial charge is 0.504 e. The summed E-state index contributed by atoms with van der Waals surface area (Å²) in [5, 5.41) is 14.2. The van der Waals surface area contributed by atoms with Crippen molar-refractivity contribution in [1.29, 1.82) is 0 Å². The van der Waals surface area contributed by atoms with Gasteiger partial charge in [0.25, 0.3) is 0 Å². The van der Waals surface area contributed by atoms with Gasteiger partial charge in [-0.2, -0.15) is 0 Å². The van der Waals surface area contributed by atoms with Crippen LogP contribution in [0.2, 0.25) is 0 Å². The van der Waals surface area contributed by atoms with E-state index in [9.17, 15) is 9.90 Å². The van der Waals surface area contributed by atoms with Crippen LogP contribution < -0.4 is 5.32 Å². The van der Waals surface area contributed by atoms with Gasteiger partial charge in [-0.3, -0.25) is 4.99 Å². The van der Waals surface area contributed by atoms with Crippen molar-refractivity contribution in [3.8, 4) is 5.75 Å². The summed E-state index contributed by atoms with van der Waals surface area (Å²) in [6.07, 6.45) is 1.58. The molecule has 10 heteroatoms. The molecule has 28 heavy (non-hydrogen) atoms. The summed E-state index contributed by atoms with van der Waals surface area (Å²) in [5.41, 5.74) is -0.0964. The smallest absolute Gasteiger partial charge is 0.334 e. The Bertz CT molecular complexity index is 687. The van der Waals surface area contributed by atoms with Crippen LogP contribution in [0.3, 0.4) is 0 Å². The number of nitrogens with zero attached hydrogens (tertiary/aromatic N) is 2. The normalized spacial score (nSPS) is 18.8. The Kier molecular flexibility index (Phi) is 8.97. The maximum Gasteiger partial charge on any atom is 0.334 e. The first-order chi connectivity index (χ1) is 13.5. The first-order valence-electron chi connectivity index (χ1n) is 8.89. The second-order valence-corrected chi connectivity index (χ2v) is 7.14. The van der Waals surface area contributed by atoms with Gasteiger partial charge in [-0.25, -0.2) is 9.78 Å². The van der Waals surface area contributed by atoms with Crippen LogP contribution in [0.25, 0.3) is 0 Å². The lowest BCUT2D eigenvalue weighted by molar-refractivity contribution is -0.145. The van der Waals surface area contributed by atoms with Gasteiger partial charge >= 0.3 is 5.97 Å². The summed E-state index contributed by atoms with van der Waals surface area (Å²) in [6.45, 7) is 4.77. The SMILES string of the molecule is COCCOCCOCCNc1ccnc(C2=NC(C)(C(=O)OC)CS2)c1O. The number of aromatic nitrogens is 1. The molecule has 0 aromatic carbocycles. The van der Waals surface area contributed by atoms with E-state index >= 15 is 0 Å². The van der Waals surface area contributed by atoms with Gasteiger partial charge in [0.1, 0.15) is 10.7 Å². The quantitative estimate of drug-likeness (QED) is 0.387. The molecule has 2 rings (SSSR count). The molecule has 0 aliphatic carbocycles. The summed E-state index contributed by atoms with van der Waals surface area (Å²) in [7, 11) is 2.96. The highest BCUT2D eigenvalue weighted by Gasteiger charge is 2.40. The predicted octanol–water partition coefficient (Wildman–Crippen LogP) is 1.30. The molecule has 0 saturated heterocycles. The molecule has 0 amide bonds. The van der Waals surface area contributed by atoms with Crippen LogP contribution in [0.15, 0.2) is 17.3 Å². The van der Waals surface area contributed by atoms with Crippen molar-refractivity contribution in [2.45, 2.75) is 12.5 Å². The Morgan fingerprint density at radius 1 is 1.25 bits per heavy atom. The number of aromatic hydroxyl groups is 1. The molecule has 1 aromatic heterocycles. The number of ether oxygens (including phenoxy) is 4. The zero-order chi connectivity index (χ0) is 20.4. The van der Waals surface area contributed by atoms with Gasteiger partial charge in [0.05, 0.1) is 45.8 Å². The second kappa shape index (κ2) is 11.2. The van der Waals surface area contributed by atoms with E-state index in [-0.39, 0.29) is 5.75 Å². The molecule has 9 nitrogen and oxygen atoms in total. The van der Waals surface area contributed by atoms with E-state index in [1.165, 1.54) is 18.9 Å². The lowest BCUT2D eigenvalue weighted by Gasteiger charge is -2.15. The summed E-state index contributed by atoms with van der Waals surface area (Å²) in [6, 6.07) is 1.67. The van der Waals surface area contributed by atoms with E-state index in [2.05, 4.69) is 15.3 Å². The van der Waals surface area contributed by atoms with Crippen LogP contribution in [0.1, 0.15) is 12.6 Å². The molecular formula is C18H27N3O6S. The van der Waals surface area contributed by atoms with Gasteiger partial charge in [-0.15, -0.1) is 11.8 Å². The minimum atomic E-state index is -0.967. The standard InChI is InChI=1S/C18H27N3O6S/c1-18(17(23)25-3)12-28-16(21-18)14-15(22)13(4-5-20-14)19-6-7-26-10-11-27-9-8-24-2/h4-5,22H,6-12H2,1-3H3,(H,19,20). The van der Waals surface area contributed by atoms with Crippen LogP contribution >= 0.6 is 11.8 Å². The molecule has 1 aliphatic heterocycles. The van der Waals surface area contributed by atoms with Crippen molar-refractivity contribution >= 4 is 28.5 Å². The maximum atomic E-state index is 11.9. The number of carbonyl (C=O) groups excluding carboxylic acids is 1. The van der Waals surface area contributed by atoms with Gasteiger partial charge in [0.2, 0.25) is 0 Å². The molecular weight excluding hydrogens is 386 g/mol. The van der Waals surface area contributed by atoms with Crippen molar-refractivity contribution in [2.75, 3.05) is 64.9 Å². The summed E-state index contributed by atoms with van der Waals surface area (Å²) >= 11 is 1.36. The zero-order valence-corrected chi connectivity index (χ0v) is 17.2. The van der Waals surface area contributed by atoms with E-state index in [0.29, 0.717) is 61.8 Å². The molecule has 1 unspecified atom stereocenters. The number of carbonyl (C=O) groups is 1. The van der Waals surface area contributed by atoms with Crippen LogP contribution in [-0.4, -0.2) is 86.2 Å². The third-order valence-electron chi connectivity index (χ3n) is 3.96. The number of hydrogen-bond acceptors (Lipinski definition) is 10. The van der Waals surface area contributed by atoms with E-state index in [1.54, 1.807) is 26.3 Å². The number of pyridine rings is 1. The number of hydrogen-bond donors (Lipinski definition) is 2. The van der Waals surface area contributed by atoms with Crippen LogP contribution in [-0.2, 0) is 23.7 Å². The maximum absolute atomic E-state index is 11.9. The van der Waals surface area contributed by atoms with Gasteiger partial charge in [-0.05, 0) is 13.0 Å². The predicted molar refractivity (Wildman–Crippen MR) is 107 cm³/mol. The molecule has 0 fully saturated rings. The number of thioether (sulfide) groups is 1. The van der Waals surface area contributed by atoms with E-state index < -0.39 is 11.5 Å². The summed E-state index contributed by atoms with van der Waals surface area (Å²) in [5.74, 6) is 0.0199. The first kappa shape index (κ1) is 22.4. The third kappa shape index (κ3) is 6.06. The van der Waals surface area contributed by atoms with Gasteiger partial charge in [0.15, 0.2) is 11.3 Å². The number of anilines is 1. The molecule has 0 spiro atoms. The number of esters is 1. The summed E-state index contributed by atoms with van der Waals surface area (Å²) < 4.78 is 20.5. The monoisotopic (exact) mass is 413 g/mol. The van der Waals surface area contributed by atoms with Crippen molar-refractivity contribution in [1.82, 2.24) is 4.98 Å². The van der Waals surface area contributed by atoms with Crippen molar-refractivity contribution < 1.29 is 28.8 Å². The molecule has 1 atom stereocenters. The van der Waals surface area contributed by atoms with Crippen LogP contribution in [0, 0.1) is 0 Å². The minimum Gasteiger partial charge on any atom is -0.504 e.